The summed E-state index contributed by atoms with van der Waals surface area (Å²) in [7, 11) is 0. The van der Waals surface area contributed by atoms with E-state index in [1.807, 2.05) is 18.2 Å². The van der Waals surface area contributed by atoms with E-state index in [0.29, 0.717) is 11.1 Å². The van der Waals surface area contributed by atoms with Crippen LogP contribution >= 0.6 is 0 Å². The SMILES string of the molecule is CC(=O)c1ccc(C#N)cc1N1CCN(c2ccncc2)CC1. The van der Waals surface area contributed by atoms with E-state index in [0.717, 1.165) is 37.6 Å². The molecular weight excluding hydrogens is 288 g/mol. The number of piperazine rings is 1. The van der Waals surface area contributed by atoms with Crippen LogP contribution in [0.4, 0.5) is 11.4 Å². The summed E-state index contributed by atoms with van der Waals surface area (Å²) in [4.78, 5) is 20.4. The number of anilines is 2. The first kappa shape index (κ1) is 15.0. The Morgan fingerprint density at radius 3 is 2.35 bits per heavy atom. The van der Waals surface area contributed by atoms with E-state index in [9.17, 15) is 4.79 Å². The van der Waals surface area contributed by atoms with Gasteiger partial charge in [0.1, 0.15) is 0 Å². The van der Waals surface area contributed by atoms with E-state index >= 15 is 0 Å². The fraction of sp³-hybridized carbons (Fsp3) is 0.278. The number of benzene rings is 1. The van der Waals surface area contributed by atoms with Crippen molar-refractivity contribution in [2.75, 3.05) is 36.0 Å². The normalized spacial score (nSPS) is 14.4. The second kappa shape index (κ2) is 6.49. The van der Waals surface area contributed by atoms with Crippen molar-refractivity contribution < 1.29 is 4.79 Å². The molecule has 2 aromatic rings. The molecule has 0 aliphatic carbocycles. The lowest BCUT2D eigenvalue weighted by Gasteiger charge is -2.38. The second-order valence-electron chi connectivity index (χ2n) is 5.58. The lowest BCUT2D eigenvalue weighted by atomic mass is 10.0. The molecule has 1 aromatic heterocycles. The predicted molar refractivity (Wildman–Crippen MR) is 89.8 cm³/mol. The number of carbonyl (C=O) groups is 1. The molecule has 1 aliphatic heterocycles. The first-order chi connectivity index (χ1) is 11.2. The minimum absolute atomic E-state index is 0.0288. The molecule has 0 saturated carbocycles. The van der Waals surface area contributed by atoms with Gasteiger partial charge in [0.2, 0.25) is 0 Å². The van der Waals surface area contributed by atoms with Crippen molar-refractivity contribution in [3.63, 3.8) is 0 Å². The van der Waals surface area contributed by atoms with Crippen LogP contribution in [0.1, 0.15) is 22.8 Å². The number of carbonyl (C=O) groups excluding carboxylic acids is 1. The van der Waals surface area contributed by atoms with Crippen molar-refractivity contribution in [1.29, 1.82) is 5.26 Å². The van der Waals surface area contributed by atoms with Crippen molar-refractivity contribution in [3.8, 4) is 6.07 Å². The highest BCUT2D eigenvalue weighted by Crippen LogP contribution is 2.25. The molecule has 5 heteroatoms. The molecule has 1 fully saturated rings. The third-order valence-corrected chi connectivity index (χ3v) is 4.15. The minimum atomic E-state index is 0.0288. The smallest absolute Gasteiger partial charge is 0.161 e. The molecule has 0 unspecified atom stereocenters. The van der Waals surface area contributed by atoms with Gasteiger partial charge in [-0.2, -0.15) is 5.26 Å². The Labute approximate surface area is 135 Å². The highest BCUT2D eigenvalue weighted by atomic mass is 16.1. The van der Waals surface area contributed by atoms with E-state index in [1.165, 1.54) is 0 Å². The number of nitrogens with zero attached hydrogens (tertiary/aromatic N) is 4. The molecule has 0 spiro atoms. The lowest BCUT2D eigenvalue weighted by Crippen LogP contribution is -2.47. The summed E-state index contributed by atoms with van der Waals surface area (Å²) in [5, 5.41) is 9.11. The van der Waals surface area contributed by atoms with Gasteiger partial charge < -0.3 is 9.80 Å². The molecule has 0 bridgehead atoms. The third kappa shape index (κ3) is 3.16. The van der Waals surface area contributed by atoms with E-state index in [4.69, 9.17) is 5.26 Å². The Bertz CT molecular complexity index is 743. The molecule has 1 aliphatic rings. The third-order valence-electron chi connectivity index (χ3n) is 4.15. The first-order valence-electron chi connectivity index (χ1n) is 7.64. The number of pyridine rings is 1. The lowest BCUT2D eigenvalue weighted by molar-refractivity contribution is 0.101. The Morgan fingerprint density at radius 1 is 1.09 bits per heavy atom. The van der Waals surface area contributed by atoms with Crippen LogP contribution in [0.3, 0.4) is 0 Å². The summed E-state index contributed by atoms with van der Waals surface area (Å²) < 4.78 is 0. The molecule has 1 aromatic carbocycles. The van der Waals surface area contributed by atoms with Gasteiger partial charge in [-0.15, -0.1) is 0 Å². The van der Waals surface area contributed by atoms with Crippen LogP contribution in [0.2, 0.25) is 0 Å². The number of hydrogen-bond donors (Lipinski definition) is 0. The van der Waals surface area contributed by atoms with Gasteiger partial charge in [-0.3, -0.25) is 9.78 Å². The number of ketones is 1. The molecule has 5 nitrogen and oxygen atoms in total. The minimum Gasteiger partial charge on any atom is -0.368 e. The van der Waals surface area contributed by atoms with Crippen molar-refractivity contribution in [3.05, 3.63) is 53.9 Å². The standard InChI is InChI=1S/C18H18N4O/c1-14(23)17-3-2-15(13-19)12-18(17)22-10-8-21(9-11-22)16-4-6-20-7-5-16/h2-7,12H,8-11H2,1H3. The molecule has 0 amide bonds. The van der Waals surface area contributed by atoms with Gasteiger partial charge in [0, 0.05) is 55.5 Å². The average molecular weight is 306 g/mol. The van der Waals surface area contributed by atoms with Gasteiger partial charge in [-0.1, -0.05) is 0 Å². The van der Waals surface area contributed by atoms with Crippen LogP contribution in [-0.2, 0) is 0 Å². The molecule has 116 valence electrons. The summed E-state index contributed by atoms with van der Waals surface area (Å²) in [5.74, 6) is 0.0288. The first-order valence-corrected chi connectivity index (χ1v) is 7.64. The van der Waals surface area contributed by atoms with Gasteiger partial charge >= 0.3 is 0 Å². The van der Waals surface area contributed by atoms with Crippen LogP contribution in [0.15, 0.2) is 42.7 Å². The molecule has 1 saturated heterocycles. The van der Waals surface area contributed by atoms with Gasteiger partial charge in [0.25, 0.3) is 0 Å². The Kier molecular flexibility index (Phi) is 4.24. The van der Waals surface area contributed by atoms with Gasteiger partial charge in [-0.25, -0.2) is 0 Å². The van der Waals surface area contributed by atoms with Crippen LogP contribution in [0, 0.1) is 11.3 Å². The van der Waals surface area contributed by atoms with Gasteiger partial charge in [-0.05, 0) is 37.3 Å². The zero-order valence-electron chi connectivity index (χ0n) is 13.1. The van der Waals surface area contributed by atoms with Crippen LogP contribution in [-0.4, -0.2) is 36.9 Å². The fourth-order valence-corrected chi connectivity index (χ4v) is 2.92. The highest BCUT2D eigenvalue weighted by Gasteiger charge is 2.21. The van der Waals surface area contributed by atoms with Crippen LogP contribution < -0.4 is 9.80 Å². The number of aromatic nitrogens is 1. The monoisotopic (exact) mass is 306 g/mol. The summed E-state index contributed by atoms with van der Waals surface area (Å²) in [5.41, 5.74) is 3.30. The Morgan fingerprint density at radius 2 is 1.74 bits per heavy atom. The predicted octanol–water partition coefficient (Wildman–Crippen LogP) is 2.48. The van der Waals surface area contributed by atoms with Crippen molar-refractivity contribution in [1.82, 2.24) is 4.98 Å². The maximum absolute atomic E-state index is 11.9. The zero-order chi connectivity index (χ0) is 16.2. The number of rotatable bonds is 3. The van der Waals surface area contributed by atoms with E-state index in [2.05, 4.69) is 20.9 Å². The largest absolute Gasteiger partial charge is 0.368 e. The summed E-state index contributed by atoms with van der Waals surface area (Å²) in [6, 6.07) is 11.4. The van der Waals surface area contributed by atoms with Crippen LogP contribution in [0.5, 0.6) is 0 Å². The second-order valence-corrected chi connectivity index (χ2v) is 5.58. The molecule has 2 heterocycles. The van der Waals surface area contributed by atoms with Gasteiger partial charge in [0.05, 0.1) is 11.6 Å². The van der Waals surface area contributed by atoms with Crippen LogP contribution in [0.25, 0.3) is 0 Å². The van der Waals surface area contributed by atoms with Crippen molar-refractivity contribution in [2.24, 2.45) is 0 Å². The Balaban J connectivity index is 1.80. The van der Waals surface area contributed by atoms with E-state index in [1.54, 1.807) is 31.5 Å². The number of Topliss-reactive ketones (excluding diaryl/α,β-unsaturated/α-hetero) is 1. The average Bonchev–Trinajstić information content (AvgIpc) is 2.62. The summed E-state index contributed by atoms with van der Waals surface area (Å²) in [6.45, 7) is 4.95. The number of hydrogen-bond acceptors (Lipinski definition) is 5. The molecule has 0 N–H and O–H groups in total. The quantitative estimate of drug-likeness (QED) is 0.815. The molecule has 0 radical (unpaired) electrons. The Hall–Kier alpha value is -2.87. The van der Waals surface area contributed by atoms with Gasteiger partial charge in [0.15, 0.2) is 5.78 Å². The maximum Gasteiger partial charge on any atom is 0.161 e. The maximum atomic E-state index is 11.9. The molecule has 23 heavy (non-hydrogen) atoms. The summed E-state index contributed by atoms with van der Waals surface area (Å²) >= 11 is 0. The van der Waals surface area contributed by atoms with Crippen molar-refractivity contribution in [2.45, 2.75) is 6.92 Å². The molecular formula is C18H18N4O. The zero-order valence-corrected chi connectivity index (χ0v) is 13.1. The van der Waals surface area contributed by atoms with Crippen molar-refractivity contribution >= 4 is 17.2 Å². The number of nitriles is 1. The van der Waals surface area contributed by atoms with E-state index in [-0.39, 0.29) is 5.78 Å². The topological polar surface area (TPSA) is 60.2 Å². The van der Waals surface area contributed by atoms with E-state index < -0.39 is 0 Å². The molecule has 3 rings (SSSR count). The summed E-state index contributed by atoms with van der Waals surface area (Å²) in [6.07, 6.45) is 3.60. The fourth-order valence-electron chi connectivity index (χ4n) is 2.92. The highest BCUT2D eigenvalue weighted by molar-refractivity contribution is 6.00. The molecule has 0 atom stereocenters.